The average molecular weight is 374 g/mol. The van der Waals surface area contributed by atoms with E-state index in [4.69, 9.17) is 62.3 Å². The molecule has 0 saturated carbocycles. The highest BCUT2D eigenvalue weighted by Crippen LogP contribution is 2.02. The Morgan fingerprint density at radius 2 is 0.619 bits per heavy atom. The molecule has 12 N–H and O–H groups in total. The summed E-state index contributed by atoms with van der Waals surface area (Å²) in [5.41, 5.74) is 0. The first-order valence-corrected chi connectivity index (χ1v) is 10.6. The van der Waals surface area contributed by atoms with Crippen molar-refractivity contribution in [2.45, 2.75) is 19.3 Å². The normalized spacial score (nSPS) is 15.4. The van der Waals surface area contributed by atoms with Gasteiger partial charge >= 0.3 is 27.1 Å². The lowest BCUT2D eigenvalue weighted by molar-refractivity contribution is 0.0968. The van der Waals surface area contributed by atoms with Crippen LogP contribution in [0.15, 0.2) is 0 Å². The second kappa shape index (κ2) is 12.7. The molecule has 0 aromatic rings. The number of hydrogen-bond acceptors (Lipinski definition) is 13. The van der Waals surface area contributed by atoms with E-state index in [0.29, 0.717) is 0 Å². The van der Waals surface area contributed by atoms with Gasteiger partial charge in [0.1, 0.15) is 0 Å². The summed E-state index contributed by atoms with van der Waals surface area (Å²) in [5.74, 6) is 0. The molecule has 0 spiro atoms. The molecular weight excluding hydrogens is 352 g/mol. The highest BCUT2D eigenvalue weighted by molar-refractivity contribution is 6.47. The van der Waals surface area contributed by atoms with Crippen molar-refractivity contribution in [1.29, 1.82) is 0 Å². The van der Waals surface area contributed by atoms with Crippen LogP contribution in [-0.4, -0.2) is 97.9 Å². The Labute approximate surface area is 122 Å². The fraction of sp³-hybridized carbons (Fsp3) is 1.00. The van der Waals surface area contributed by atoms with Crippen molar-refractivity contribution in [3.63, 3.8) is 0 Å². The third kappa shape index (κ3) is 176. The minimum absolute atomic E-state index is 1.00. The molecule has 1 aliphatic rings. The van der Waals surface area contributed by atoms with Crippen LogP contribution in [0.1, 0.15) is 19.3 Å². The molecule has 0 aliphatic carbocycles. The van der Waals surface area contributed by atoms with Gasteiger partial charge < -0.3 is 62.3 Å². The monoisotopic (exact) mass is 374 g/mol. The average Bonchev–Trinajstić information content (AvgIpc) is 2.12. The van der Waals surface area contributed by atoms with Gasteiger partial charge in [0.2, 0.25) is 0 Å². The van der Waals surface area contributed by atoms with Crippen molar-refractivity contribution in [2.24, 2.45) is 0 Å². The molecule has 132 valence electrons. The molecule has 1 heterocycles. The summed E-state index contributed by atoms with van der Waals surface area (Å²) in [6.45, 7) is 2.00. The summed E-state index contributed by atoms with van der Waals surface area (Å²) >= 11 is 0. The van der Waals surface area contributed by atoms with Crippen LogP contribution < -0.4 is 0 Å². The molecule has 1 rings (SSSR count). The minimum atomic E-state index is -4.61. The predicted octanol–water partition coefficient (Wildman–Crippen LogP) is -6.64. The maximum Gasteiger partial charge on any atom is 0.668 e. The quantitative estimate of drug-likeness (QED) is 0.176. The van der Waals surface area contributed by atoms with Crippen LogP contribution in [0.2, 0.25) is 0 Å². The SMILES string of the molecule is C1CCOCC1.O[Si](O)(O)O.O[Si](O)(O)O.O[Si](O)(O)O. The topological polar surface area (TPSA) is 252 Å². The van der Waals surface area contributed by atoms with Crippen LogP contribution in [-0.2, 0) is 4.74 Å². The molecule has 0 atom stereocenters. The molecule has 0 amide bonds. The van der Waals surface area contributed by atoms with Gasteiger partial charge in [-0.05, 0) is 19.3 Å². The van der Waals surface area contributed by atoms with Gasteiger partial charge in [-0.25, -0.2) is 0 Å². The molecule has 0 radical (unpaired) electrons. The van der Waals surface area contributed by atoms with Gasteiger partial charge in [0.25, 0.3) is 0 Å². The van der Waals surface area contributed by atoms with Crippen molar-refractivity contribution in [2.75, 3.05) is 13.2 Å². The summed E-state index contributed by atoms with van der Waals surface area (Å²) in [7, 11) is -13.8. The van der Waals surface area contributed by atoms with Crippen LogP contribution in [0.25, 0.3) is 0 Å². The smallest absolute Gasteiger partial charge is 0.381 e. The molecule has 0 aromatic carbocycles. The first kappa shape index (κ1) is 26.0. The summed E-state index contributed by atoms with van der Waals surface area (Å²) in [6, 6.07) is 0. The van der Waals surface area contributed by atoms with Crippen molar-refractivity contribution in [1.82, 2.24) is 0 Å². The number of rotatable bonds is 0. The van der Waals surface area contributed by atoms with Gasteiger partial charge in [-0.3, -0.25) is 0 Å². The molecule has 16 heteroatoms. The van der Waals surface area contributed by atoms with Crippen LogP contribution in [0, 0.1) is 0 Å². The fourth-order valence-corrected chi connectivity index (χ4v) is 0.687. The predicted molar refractivity (Wildman–Crippen MR) is 68.6 cm³/mol. The first-order valence-electron chi connectivity index (χ1n) is 5.26. The molecular formula is C5H22O13Si3. The molecule has 0 unspecified atom stereocenters. The number of ether oxygens (including phenoxy) is 1. The van der Waals surface area contributed by atoms with E-state index in [9.17, 15) is 0 Å². The van der Waals surface area contributed by atoms with Gasteiger partial charge in [0, 0.05) is 13.2 Å². The Balaban J connectivity index is -0.000000207. The summed E-state index contributed by atoms with van der Waals surface area (Å²) in [5, 5.41) is 0. The molecule has 1 aliphatic heterocycles. The molecule has 13 nitrogen and oxygen atoms in total. The van der Waals surface area contributed by atoms with E-state index in [1.54, 1.807) is 0 Å². The molecule has 0 aromatic heterocycles. The van der Waals surface area contributed by atoms with Gasteiger partial charge in [-0.1, -0.05) is 0 Å². The van der Waals surface area contributed by atoms with E-state index in [2.05, 4.69) is 0 Å². The van der Waals surface area contributed by atoms with Crippen LogP contribution >= 0.6 is 0 Å². The summed E-state index contributed by atoms with van der Waals surface area (Å²) in [6.07, 6.45) is 3.93. The largest absolute Gasteiger partial charge is 0.668 e. The molecule has 1 fully saturated rings. The van der Waals surface area contributed by atoms with E-state index in [-0.39, 0.29) is 0 Å². The van der Waals surface area contributed by atoms with Crippen molar-refractivity contribution in [3.05, 3.63) is 0 Å². The zero-order chi connectivity index (χ0) is 17.7. The standard InChI is InChI=1S/C5H10O.3H4O4Si/c1-2-4-6-5-3-1;3*1-5(2,3)4/h1-5H2;3*1-4H. The lowest BCUT2D eigenvalue weighted by atomic mass is 10.2. The Morgan fingerprint density at radius 1 is 0.429 bits per heavy atom. The second-order valence-corrected chi connectivity index (χ2v) is 7.07. The number of hydrogen-bond donors (Lipinski definition) is 12. The van der Waals surface area contributed by atoms with E-state index in [1.807, 2.05) is 0 Å². The van der Waals surface area contributed by atoms with E-state index in [0.717, 1.165) is 13.2 Å². The molecule has 0 bridgehead atoms. The van der Waals surface area contributed by atoms with E-state index < -0.39 is 27.1 Å². The molecule has 21 heavy (non-hydrogen) atoms. The highest BCUT2D eigenvalue weighted by Gasteiger charge is 2.23. The first-order chi connectivity index (χ1) is 9.00. The van der Waals surface area contributed by atoms with Crippen LogP contribution in [0.3, 0.4) is 0 Å². The van der Waals surface area contributed by atoms with Crippen LogP contribution in [0.4, 0.5) is 0 Å². The van der Waals surface area contributed by atoms with Crippen molar-refractivity contribution < 1.29 is 62.3 Å². The highest BCUT2D eigenvalue weighted by atomic mass is 28.4. The maximum atomic E-state index is 7.33. The minimum Gasteiger partial charge on any atom is -0.381 e. The van der Waals surface area contributed by atoms with Gasteiger partial charge in [-0.2, -0.15) is 0 Å². The summed E-state index contributed by atoms with van der Waals surface area (Å²) < 4.78 is 5.07. The maximum absolute atomic E-state index is 7.33. The van der Waals surface area contributed by atoms with E-state index in [1.165, 1.54) is 19.3 Å². The third-order valence-corrected chi connectivity index (χ3v) is 1.08. The van der Waals surface area contributed by atoms with E-state index >= 15 is 0 Å². The fourth-order valence-electron chi connectivity index (χ4n) is 0.687. The Morgan fingerprint density at radius 3 is 0.667 bits per heavy atom. The zero-order valence-electron chi connectivity index (χ0n) is 10.8. The van der Waals surface area contributed by atoms with Crippen LogP contribution in [0.5, 0.6) is 0 Å². The van der Waals surface area contributed by atoms with Crippen molar-refractivity contribution >= 4 is 27.1 Å². The second-order valence-electron chi connectivity index (χ2n) is 3.47. The Bertz CT molecular complexity index is 157. The van der Waals surface area contributed by atoms with Gasteiger partial charge in [0.15, 0.2) is 0 Å². The Kier molecular flexibility index (Phi) is 15.7. The lowest BCUT2D eigenvalue weighted by Gasteiger charge is -2.08. The summed E-state index contributed by atoms with van der Waals surface area (Å²) in [4.78, 5) is 87.9. The molecule has 1 saturated heterocycles. The zero-order valence-corrected chi connectivity index (χ0v) is 13.8. The van der Waals surface area contributed by atoms with Crippen molar-refractivity contribution in [3.8, 4) is 0 Å². The third-order valence-electron chi connectivity index (χ3n) is 1.08. The van der Waals surface area contributed by atoms with Gasteiger partial charge in [-0.15, -0.1) is 0 Å². The lowest BCUT2D eigenvalue weighted by Crippen LogP contribution is -2.33. The Hall–Kier alpha value is 0.131. The van der Waals surface area contributed by atoms with Gasteiger partial charge in [0.05, 0.1) is 0 Å².